The molecule has 60 heavy (non-hydrogen) atoms. The zero-order chi connectivity index (χ0) is 44.0. The highest BCUT2D eigenvalue weighted by molar-refractivity contribution is 5.72. The predicted molar refractivity (Wildman–Crippen MR) is 259 cm³/mol. The van der Waals surface area contributed by atoms with Gasteiger partial charge in [0.1, 0.15) is 0 Å². The Morgan fingerprint density at radius 3 is 1.32 bits per heavy atom. The van der Waals surface area contributed by atoms with Gasteiger partial charge >= 0.3 is 5.97 Å². The quantitative estimate of drug-likeness (QED) is 0.0319. The largest absolute Gasteiger partial charge is 0.483 e. The Balaban J connectivity index is 0.0000112. The molecule has 358 valence electrons. The number of piperazine rings is 1. The van der Waals surface area contributed by atoms with Crippen molar-refractivity contribution in [3.8, 4) is 0 Å². The van der Waals surface area contributed by atoms with E-state index in [1.54, 1.807) is 0 Å². The third-order valence-electron chi connectivity index (χ3n) is 13.2. The summed E-state index contributed by atoms with van der Waals surface area (Å²) in [5.41, 5.74) is 0. The van der Waals surface area contributed by atoms with E-state index < -0.39 is 0 Å². The average molecular weight is 851 g/mol. The molecular weight excluding hydrogens is 745 g/mol. The number of esters is 1. The lowest BCUT2D eigenvalue weighted by atomic mass is 9.89. The third-order valence-corrected chi connectivity index (χ3v) is 13.2. The molecule has 1 fully saturated rings. The number of aliphatic hydroxyl groups excluding tert-OH is 1. The second kappa shape index (κ2) is 47.3. The number of nitrogens with one attached hydrogen (secondary N) is 1. The average Bonchev–Trinajstić information content (AvgIpc) is 3.25. The second-order valence-electron chi connectivity index (χ2n) is 18.9. The first-order valence-electron chi connectivity index (χ1n) is 26.8. The smallest absolute Gasteiger partial charge is 0.308 e. The van der Waals surface area contributed by atoms with Gasteiger partial charge in [-0.3, -0.25) is 9.59 Å². The summed E-state index contributed by atoms with van der Waals surface area (Å²) >= 11 is 0. The lowest BCUT2D eigenvalue weighted by molar-refractivity contribution is -0.149. The van der Waals surface area contributed by atoms with Crippen LogP contribution < -0.4 is 5.32 Å². The Hall–Kier alpha value is -1.18. The summed E-state index contributed by atoms with van der Waals surface area (Å²) in [5.74, 6) is 1.18. The van der Waals surface area contributed by atoms with E-state index in [1.807, 2.05) is 0 Å². The van der Waals surface area contributed by atoms with Crippen LogP contribution >= 0.6 is 0 Å². The van der Waals surface area contributed by atoms with E-state index >= 15 is 0 Å². The zero-order valence-corrected chi connectivity index (χ0v) is 40.9. The summed E-state index contributed by atoms with van der Waals surface area (Å²) in [6.07, 6.45) is 49.7. The third kappa shape index (κ3) is 38.5. The first kappa shape index (κ1) is 58.8. The second-order valence-corrected chi connectivity index (χ2v) is 18.9. The molecule has 1 aliphatic rings. The van der Waals surface area contributed by atoms with Gasteiger partial charge in [0.15, 0.2) is 0 Å². The molecule has 7 heteroatoms. The van der Waals surface area contributed by atoms with E-state index in [0.717, 1.165) is 57.7 Å². The Morgan fingerprint density at radius 2 is 0.900 bits per heavy atom. The summed E-state index contributed by atoms with van der Waals surface area (Å²) in [6.45, 7) is 13.1. The highest BCUT2D eigenvalue weighted by Crippen LogP contribution is 2.25. The number of carboxylic acid groups (broad SMARTS) is 1. The van der Waals surface area contributed by atoms with Crippen LogP contribution in [0.4, 0.5) is 0 Å². The molecule has 0 aliphatic carbocycles. The summed E-state index contributed by atoms with van der Waals surface area (Å²) < 4.78 is 5.86. The van der Waals surface area contributed by atoms with Crippen molar-refractivity contribution in [3.63, 3.8) is 0 Å². The van der Waals surface area contributed by atoms with Crippen molar-refractivity contribution in [1.29, 1.82) is 0 Å². The number of ether oxygens (including phenoxy) is 1. The van der Waals surface area contributed by atoms with Crippen LogP contribution in [0.15, 0.2) is 0 Å². The van der Waals surface area contributed by atoms with Gasteiger partial charge in [0.2, 0.25) is 0 Å². The van der Waals surface area contributed by atoms with Gasteiger partial charge in [-0.2, -0.15) is 0 Å². The van der Waals surface area contributed by atoms with Gasteiger partial charge in [-0.15, -0.1) is 0 Å². The molecule has 1 rings (SSSR count). The number of carbonyl (C=O) groups excluding carboxylic acids is 1. The number of rotatable bonds is 44. The fraction of sp³-hybridized carbons (Fsp3) is 0.962. The van der Waals surface area contributed by atoms with E-state index in [1.165, 1.54) is 212 Å². The number of nitrogens with zero attached hydrogens (tertiary/aromatic N) is 1. The molecule has 0 saturated carbocycles. The molecule has 0 spiro atoms. The summed E-state index contributed by atoms with van der Waals surface area (Å²) in [4.78, 5) is 24.0. The normalized spacial score (nSPS) is 16.6. The molecule has 1 aliphatic heterocycles. The molecule has 0 aromatic rings. The number of aliphatic hydroxyl groups is 1. The van der Waals surface area contributed by atoms with Crippen molar-refractivity contribution < 1.29 is 24.5 Å². The van der Waals surface area contributed by atoms with Gasteiger partial charge < -0.3 is 25.2 Å². The van der Waals surface area contributed by atoms with Gasteiger partial charge in [0.05, 0.1) is 12.5 Å². The van der Waals surface area contributed by atoms with E-state index in [-0.39, 0.29) is 18.4 Å². The van der Waals surface area contributed by atoms with Crippen LogP contribution in [0, 0.1) is 11.8 Å². The minimum atomic E-state index is -0.250. The van der Waals surface area contributed by atoms with Crippen LogP contribution in [0.3, 0.4) is 0 Å². The standard InChI is InChI=1S/C52H104N2O3.CH2O2/c1-5-9-13-17-21-28-37-48(36-27-15-11-7-3)38-29-22-19-24-32-41-50-46-54(43-35-44-55)47-51(53-50)42-33-25-20-26-34-45-57-52(56)49(39-30-16-12-8-4)40-31-23-18-14-10-6-2;2-1-3/h48-51,53,55H,5-47H2,1-4H3;1H,(H,2,3). The molecule has 3 N–H and O–H groups in total. The molecule has 0 bridgehead atoms. The highest BCUT2D eigenvalue weighted by atomic mass is 16.5. The Bertz CT molecular complexity index is 874. The van der Waals surface area contributed by atoms with Crippen LogP contribution in [0.25, 0.3) is 0 Å². The molecule has 0 aromatic heterocycles. The fourth-order valence-electron chi connectivity index (χ4n) is 9.51. The van der Waals surface area contributed by atoms with Crippen molar-refractivity contribution in [2.24, 2.45) is 11.8 Å². The lowest BCUT2D eigenvalue weighted by Gasteiger charge is -2.39. The van der Waals surface area contributed by atoms with Crippen molar-refractivity contribution in [3.05, 3.63) is 0 Å². The Kier molecular flexibility index (Phi) is 46.4. The molecule has 0 amide bonds. The molecule has 1 saturated heterocycles. The predicted octanol–water partition coefficient (Wildman–Crippen LogP) is 15.0. The first-order valence-corrected chi connectivity index (χ1v) is 26.8. The van der Waals surface area contributed by atoms with Crippen LogP contribution in [0.1, 0.15) is 272 Å². The molecule has 1 heterocycles. The summed E-state index contributed by atoms with van der Waals surface area (Å²) in [6, 6.07) is 1.17. The molecule has 0 aromatic carbocycles. The van der Waals surface area contributed by atoms with Gasteiger partial charge in [-0.25, -0.2) is 0 Å². The minimum absolute atomic E-state index is 0.0828. The monoisotopic (exact) mass is 851 g/mol. The SMILES string of the molecule is CCCCCCCCC(CCCCCC)CCCCCCCC1CN(CCCO)CC(CCCCCCCOC(=O)C(CCCCCC)CCCCCCCC)N1.O=CO. The maximum Gasteiger partial charge on any atom is 0.308 e. The number of carbonyl (C=O) groups is 2. The summed E-state index contributed by atoms with van der Waals surface area (Å²) in [5, 5.41) is 20.5. The van der Waals surface area contributed by atoms with Crippen LogP contribution in [-0.2, 0) is 14.3 Å². The van der Waals surface area contributed by atoms with Crippen molar-refractivity contribution >= 4 is 12.4 Å². The number of unbranched alkanes of at least 4 members (excludes halogenated alkanes) is 24. The van der Waals surface area contributed by atoms with Gasteiger partial charge in [0, 0.05) is 38.3 Å². The Morgan fingerprint density at radius 1 is 0.550 bits per heavy atom. The van der Waals surface area contributed by atoms with Crippen LogP contribution in [-0.4, -0.2) is 72.5 Å². The van der Waals surface area contributed by atoms with Crippen molar-refractivity contribution in [2.45, 2.75) is 284 Å². The zero-order valence-electron chi connectivity index (χ0n) is 40.9. The Labute approximate surface area is 374 Å². The van der Waals surface area contributed by atoms with Crippen LogP contribution in [0.5, 0.6) is 0 Å². The fourth-order valence-corrected chi connectivity index (χ4v) is 9.51. The maximum absolute atomic E-state index is 13.0. The van der Waals surface area contributed by atoms with Gasteiger partial charge in [-0.1, -0.05) is 233 Å². The van der Waals surface area contributed by atoms with Gasteiger partial charge in [-0.05, 0) is 44.4 Å². The lowest BCUT2D eigenvalue weighted by Crippen LogP contribution is -2.56. The summed E-state index contributed by atoms with van der Waals surface area (Å²) in [7, 11) is 0. The van der Waals surface area contributed by atoms with E-state index in [9.17, 15) is 9.90 Å². The van der Waals surface area contributed by atoms with Crippen molar-refractivity contribution in [1.82, 2.24) is 10.2 Å². The number of hydrogen-bond acceptors (Lipinski definition) is 6. The maximum atomic E-state index is 13.0. The molecule has 4 unspecified atom stereocenters. The van der Waals surface area contributed by atoms with E-state index in [4.69, 9.17) is 14.6 Å². The minimum Gasteiger partial charge on any atom is -0.483 e. The van der Waals surface area contributed by atoms with Crippen molar-refractivity contribution in [2.75, 3.05) is 32.8 Å². The highest BCUT2D eigenvalue weighted by Gasteiger charge is 2.25. The molecular formula is C53H106N2O5. The van der Waals surface area contributed by atoms with E-state index in [2.05, 4.69) is 37.9 Å². The van der Waals surface area contributed by atoms with Crippen LogP contribution in [0.2, 0.25) is 0 Å². The van der Waals surface area contributed by atoms with E-state index in [0.29, 0.717) is 25.3 Å². The van der Waals surface area contributed by atoms with Gasteiger partial charge in [0.25, 0.3) is 6.47 Å². The first-order chi connectivity index (χ1) is 29.5. The molecule has 4 atom stereocenters. The number of hydrogen-bond donors (Lipinski definition) is 3. The molecule has 7 nitrogen and oxygen atoms in total. The molecule has 0 radical (unpaired) electrons. The topological polar surface area (TPSA) is 99.1 Å².